The predicted octanol–water partition coefficient (Wildman–Crippen LogP) is 2.95. The lowest BCUT2D eigenvalue weighted by atomic mass is 10.0. The van der Waals surface area contributed by atoms with Crippen LogP contribution < -0.4 is 5.32 Å². The molecule has 114 valence electrons. The third-order valence-electron chi connectivity index (χ3n) is 4.04. The van der Waals surface area contributed by atoms with E-state index >= 15 is 0 Å². The Bertz CT molecular complexity index is 766. The number of imidazole rings is 1. The van der Waals surface area contributed by atoms with Gasteiger partial charge in [-0.15, -0.1) is 11.8 Å². The zero-order valence-electron chi connectivity index (χ0n) is 12.0. The Hall–Kier alpha value is -1.37. The molecule has 1 aromatic heterocycles. The van der Waals surface area contributed by atoms with Crippen LogP contribution in [0.5, 0.6) is 0 Å². The number of allylic oxidation sites excluding steroid dienone is 1. The van der Waals surface area contributed by atoms with Gasteiger partial charge < -0.3 is 10.4 Å². The summed E-state index contributed by atoms with van der Waals surface area (Å²) in [6.07, 6.45) is 5.40. The van der Waals surface area contributed by atoms with Gasteiger partial charge >= 0.3 is 0 Å². The molecule has 0 spiro atoms. The van der Waals surface area contributed by atoms with Crippen molar-refractivity contribution >= 4 is 34.6 Å². The number of hydrogen-bond donors (Lipinski definition) is 2. The van der Waals surface area contributed by atoms with Crippen molar-refractivity contribution in [3.8, 4) is 0 Å². The van der Waals surface area contributed by atoms with E-state index in [0.29, 0.717) is 6.04 Å². The van der Waals surface area contributed by atoms with Crippen LogP contribution in [0.3, 0.4) is 0 Å². The second-order valence-electron chi connectivity index (χ2n) is 5.30. The number of rotatable bonds is 4. The van der Waals surface area contributed by atoms with Gasteiger partial charge in [0.1, 0.15) is 6.73 Å². The van der Waals surface area contributed by atoms with E-state index in [-0.39, 0.29) is 6.73 Å². The number of dihydropyridines is 1. The van der Waals surface area contributed by atoms with E-state index in [1.807, 2.05) is 40.6 Å². The average molecular weight is 331 g/mol. The molecule has 2 aliphatic rings. The van der Waals surface area contributed by atoms with E-state index < -0.39 is 0 Å². The molecule has 1 aromatic carbocycles. The number of aromatic nitrogens is 2. The van der Waals surface area contributed by atoms with Crippen LogP contribution in [-0.2, 0) is 6.73 Å². The van der Waals surface area contributed by atoms with Gasteiger partial charge in [0, 0.05) is 16.4 Å². The molecule has 0 amide bonds. The molecule has 6 heteroatoms. The molecule has 0 radical (unpaired) electrons. The summed E-state index contributed by atoms with van der Waals surface area (Å²) in [6.45, 7) is -0.0371. The van der Waals surface area contributed by atoms with Crippen molar-refractivity contribution < 1.29 is 5.11 Å². The smallest absolute Gasteiger partial charge is 0.171 e. The first-order valence-electron chi connectivity index (χ1n) is 7.34. The highest BCUT2D eigenvalue weighted by Crippen LogP contribution is 2.37. The van der Waals surface area contributed by atoms with Gasteiger partial charge in [-0.2, -0.15) is 0 Å². The third-order valence-corrected chi connectivity index (χ3v) is 6.23. The largest absolute Gasteiger partial charge is 0.383 e. The molecule has 4 nitrogen and oxygen atoms in total. The molecule has 0 aliphatic carbocycles. The van der Waals surface area contributed by atoms with Gasteiger partial charge in [0.05, 0.1) is 17.1 Å². The topological polar surface area (TPSA) is 50.1 Å². The number of thioether (sulfide) groups is 2. The highest BCUT2D eigenvalue weighted by atomic mass is 32.2. The number of hydrogen-bond acceptors (Lipinski definition) is 5. The molecule has 0 saturated carbocycles. The maximum absolute atomic E-state index is 9.66. The van der Waals surface area contributed by atoms with Crippen LogP contribution >= 0.6 is 23.5 Å². The lowest BCUT2D eigenvalue weighted by molar-refractivity contribution is 0.205. The minimum atomic E-state index is -0.0371. The monoisotopic (exact) mass is 331 g/mol. The minimum absolute atomic E-state index is 0.0371. The van der Waals surface area contributed by atoms with Crippen molar-refractivity contribution in [3.63, 3.8) is 0 Å². The van der Waals surface area contributed by atoms with E-state index in [1.165, 1.54) is 22.7 Å². The molecule has 3 heterocycles. The van der Waals surface area contributed by atoms with E-state index in [1.54, 1.807) is 11.8 Å². The van der Waals surface area contributed by atoms with E-state index in [4.69, 9.17) is 0 Å². The van der Waals surface area contributed by atoms with Crippen molar-refractivity contribution in [3.05, 3.63) is 47.0 Å². The summed E-state index contributed by atoms with van der Waals surface area (Å²) < 4.78 is 1.87. The zero-order chi connectivity index (χ0) is 14.9. The van der Waals surface area contributed by atoms with Crippen molar-refractivity contribution in [1.82, 2.24) is 14.9 Å². The van der Waals surface area contributed by atoms with Gasteiger partial charge in [-0.25, -0.2) is 4.98 Å². The number of aliphatic hydroxyl groups is 1. The fourth-order valence-electron chi connectivity index (χ4n) is 2.94. The fraction of sp³-hybridized carbons (Fsp3) is 0.312. The Kier molecular flexibility index (Phi) is 3.90. The molecule has 4 rings (SSSR count). The quantitative estimate of drug-likeness (QED) is 0.844. The van der Waals surface area contributed by atoms with Gasteiger partial charge in [-0.3, -0.25) is 4.57 Å². The molecule has 0 bridgehead atoms. The molecule has 1 unspecified atom stereocenters. The van der Waals surface area contributed by atoms with Crippen LogP contribution in [-0.4, -0.2) is 32.2 Å². The number of benzene rings is 1. The molecule has 22 heavy (non-hydrogen) atoms. The standard InChI is InChI=1S/C16H17N3OS2/c20-10-19-14-4-2-1-3-12(14)18-16(19)22-9-13-11-6-8-21-15(11)5-7-17-13/h1-5,7,13,17,20H,6,8-10H2. The Morgan fingerprint density at radius 2 is 2.32 bits per heavy atom. The highest BCUT2D eigenvalue weighted by Gasteiger charge is 2.24. The van der Waals surface area contributed by atoms with Crippen LogP contribution in [0.1, 0.15) is 6.42 Å². The Labute approximate surface area is 137 Å². The highest BCUT2D eigenvalue weighted by molar-refractivity contribution is 8.03. The number of aliphatic hydroxyl groups excluding tert-OH is 1. The lowest BCUT2D eigenvalue weighted by Gasteiger charge is -2.22. The first-order chi connectivity index (χ1) is 10.9. The van der Waals surface area contributed by atoms with Crippen LogP contribution in [0.2, 0.25) is 0 Å². The Morgan fingerprint density at radius 1 is 1.41 bits per heavy atom. The first kappa shape index (κ1) is 14.2. The van der Waals surface area contributed by atoms with Gasteiger partial charge in [-0.05, 0) is 36.4 Å². The second kappa shape index (κ2) is 6.02. The van der Waals surface area contributed by atoms with Crippen LogP contribution in [0.15, 0.2) is 52.2 Å². The molecule has 1 atom stereocenters. The van der Waals surface area contributed by atoms with Gasteiger partial charge in [0.15, 0.2) is 5.16 Å². The van der Waals surface area contributed by atoms with Crippen molar-refractivity contribution in [1.29, 1.82) is 0 Å². The molecule has 0 saturated heterocycles. The molecule has 2 N–H and O–H groups in total. The number of fused-ring (bicyclic) bond motifs is 1. The number of para-hydroxylation sites is 2. The van der Waals surface area contributed by atoms with Crippen molar-refractivity contribution in [2.24, 2.45) is 0 Å². The summed E-state index contributed by atoms with van der Waals surface area (Å²) in [5, 5.41) is 14.0. The molecule has 0 fully saturated rings. The normalized spacial score (nSPS) is 20.5. The Morgan fingerprint density at radius 3 is 3.23 bits per heavy atom. The molecular weight excluding hydrogens is 314 g/mol. The molecule has 2 aliphatic heterocycles. The SMILES string of the molecule is OCn1c(SCC2NC=CC3=C2CCS3)nc2ccccc21. The number of nitrogens with one attached hydrogen (secondary N) is 1. The summed E-state index contributed by atoms with van der Waals surface area (Å²) in [6, 6.07) is 8.31. The maximum Gasteiger partial charge on any atom is 0.171 e. The summed E-state index contributed by atoms with van der Waals surface area (Å²) in [7, 11) is 0. The van der Waals surface area contributed by atoms with Crippen LogP contribution in [0.25, 0.3) is 11.0 Å². The lowest BCUT2D eigenvalue weighted by Crippen LogP contribution is -2.31. The maximum atomic E-state index is 9.66. The second-order valence-corrected chi connectivity index (χ2v) is 7.43. The summed E-state index contributed by atoms with van der Waals surface area (Å²) >= 11 is 3.65. The first-order valence-corrected chi connectivity index (χ1v) is 9.31. The van der Waals surface area contributed by atoms with Gasteiger partial charge in [0.2, 0.25) is 0 Å². The summed E-state index contributed by atoms with van der Waals surface area (Å²) in [4.78, 5) is 6.08. The zero-order valence-corrected chi connectivity index (χ0v) is 13.7. The summed E-state index contributed by atoms with van der Waals surface area (Å²) in [5.74, 6) is 2.11. The summed E-state index contributed by atoms with van der Waals surface area (Å²) in [5.41, 5.74) is 3.44. The van der Waals surface area contributed by atoms with Crippen LogP contribution in [0, 0.1) is 0 Å². The Balaban J connectivity index is 1.56. The van der Waals surface area contributed by atoms with Crippen molar-refractivity contribution in [2.45, 2.75) is 24.3 Å². The van der Waals surface area contributed by atoms with Gasteiger partial charge in [-0.1, -0.05) is 23.9 Å². The predicted molar refractivity (Wildman–Crippen MR) is 92.8 cm³/mol. The number of nitrogens with zero attached hydrogens (tertiary/aromatic N) is 2. The van der Waals surface area contributed by atoms with E-state index in [0.717, 1.165) is 21.9 Å². The average Bonchev–Trinajstić information content (AvgIpc) is 3.16. The van der Waals surface area contributed by atoms with Crippen LogP contribution in [0.4, 0.5) is 0 Å². The van der Waals surface area contributed by atoms with E-state index in [9.17, 15) is 5.11 Å². The third kappa shape index (κ3) is 2.45. The fourth-order valence-corrected chi connectivity index (χ4v) is 5.16. The minimum Gasteiger partial charge on any atom is -0.383 e. The van der Waals surface area contributed by atoms with Gasteiger partial charge in [0.25, 0.3) is 0 Å². The van der Waals surface area contributed by atoms with Crippen molar-refractivity contribution in [2.75, 3.05) is 11.5 Å². The molecular formula is C16H17N3OS2. The van der Waals surface area contributed by atoms with E-state index in [2.05, 4.69) is 22.6 Å². The molecule has 2 aromatic rings.